The van der Waals surface area contributed by atoms with Crippen molar-refractivity contribution in [2.75, 3.05) is 5.43 Å². The molecule has 5 rings (SSSR count). The van der Waals surface area contributed by atoms with Crippen molar-refractivity contribution in [3.05, 3.63) is 96.8 Å². The van der Waals surface area contributed by atoms with Crippen molar-refractivity contribution in [1.29, 1.82) is 0 Å². The fraction of sp³-hybridized carbons (Fsp3) is 0.0400. The van der Waals surface area contributed by atoms with Gasteiger partial charge in [-0.2, -0.15) is 5.10 Å². The zero-order chi connectivity index (χ0) is 21.0. The molecule has 0 unspecified atom stereocenters. The lowest BCUT2D eigenvalue weighted by molar-refractivity contribution is 0.933. The maximum Gasteiger partial charge on any atom is 0.244 e. The molecule has 0 aliphatic carbocycles. The molecule has 0 aliphatic rings. The second kappa shape index (κ2) is 8.20. The minimum absolute atomic E-state index is 0.426. The number of aryl methyl sites for hydroxylation is 1. The molecule has 0 radical (unpaired) electrons. The summed E-state index contributed by atoms with van der Waals surface area (Å²) >= 11 is 0. The third kappa shape index (κ3) is 3.91. The van der Waals surface area contributed by atoms with E-state index in [0.29, 0.717) is 5.95 Å². The molecule has 2 aromatic heterocycles. The van der Waals surface area contributed by atoms with Gasteiger partial charge in [-0.3, -0.25) is 0 Å². The third-order valence-corrected chi connectivity index (χ3v) is 5.03. The molecule has 0 amide bonds. The first kappa shape index (κ1) is 18.7. The second-order valence-corrected chi connectivity index (χ2v) is 7.08. The van der Waals surface area contributed by atoms with Gasteiger partial charge in [-0.25, -0.2) is 20.4 Å². The van der Waals surface area contributed by atoms with Gasteiger partial charge in [0.25, 0.3) is 0 Å². The fourth-order valence-corrected chi connectivity index (χ4v) is 3.44. The molecule has 0 saturated heterocycles. The minimum Gasteiger partial charge on any atom is -0.326 e. The predicted octanol–water partition coefficient (Wildman–Crippen LogP) is 5.14. The van der Waals surface area contributed by atoms with E-state index in [0.717, 1.165) is 39.4 Å². The summed E-state index contributed by atoms with van der Waals surface area (Å²) in [6.07, 6.45) is 1.68. The molecule has 0 atom stereocenters. The van der Waals surface area contributed by atoms with Crippen LogP contribution in [-0.2, 0) is 7.05 Å². The van der Waals surface area contributed by atoms with Crippen LogP contribution in [0.2, 0.25) is 0 Å². The smallest absolute Gasteiger partial charge is 0.244 e. The van der Waals surface area contributed by atoms with E-state index in [2.05, 4.69) is 25.5 Å². The molecule has 0 aliphatic heterocycles. The number of imidazole rings is 1. The SMILES string of the molecule is Cn1c(/C=N/Nc2nc(-c3ccccc3)cc(-c3ccccc3)n2)nc2ccccc21. The topological polar surface area (TPSA) is 68.0 Å². The van der Waals surface area contributed by atoms with Crippen LogP contribution in [0.3, 0.4) is 0 Å². The third-order valence-electron chi connectivity index (χ3n) is 5.03. The van der Waals surface area contributed by atoms with Crippen LogP contribution in [0.1, 0.15) is 5.82 Å². The Morgan fingerprint density at radius 1 is 0.742 bits per heavy atom. The summed E-state index contributed by atoms with van der Waals surface area (Å²) in [4.78, 5) is 13.9. The van der Waals surface area contributed by atoms with Gasteiger partial charge in [0.1, 0.15) is 0 Å². The van der Waals surface area contributed by atoms with Gasteiger partial charge >= 0.3 is 0 Å². The molecule has 6 heteroatoms. The lowest BCUT2D eigenvalue weighted by Gasteiger charge is -2.08. The summed E-state index contributed by atoms with van der Waals surface area (Å²) in [6.45, 7) is 0. The molecular formula is C25H20N6. The standard InChI is InChI=1S/C25H20N6/c1-31-23-15-9-8-14-20(23)27-24(31)17-26-30-25-28-21(18-10-4-2-5-11-18)16-22(29-25)19-12-6-3-7-13-19/h2-17H,1H3,(H,28,29,30)/b26-17+. The second-order valence-electron chi connectivity index (χ2n) is 7.08. The van der Waals surface area contributed by atoms with Crippen LogP contribution in [0.4, 0.5) is 5.95 Å². The summed E-state index contributed by atoms with van der Waals surface area (Å²) in [7, 11) is 1.97. The molecule has 3 aromatic carbocycles. The average Bonchev–Trinajstić information content (AvgIpc) is 3.15. The fourth-order valence-electron chi connectivity index (χ4n) is 3.44. The van der Waals surface area contributed by atoms with Crippen LogP contribution in [0.15, 0.2) is 96.1 Å². The molecule has 0 spiro atoms. The van der Waals surface area contributed by atoms with Crippen LogP contribution >= 0.6 is 0 Å². The Morgan fingerprint density at radius 2 is 1.32 bits per heavy atom. The number of hydrogen-bond acceptors (Lipinski definition) is 5. The maximum atomic E-state index is 4.66. The van der Waals surface area contributed by atoms with E-state index in [1.165, 1.54) is 0 Å². The Labute approximate surface area is 180 Å². The van der Waals surface area contributed by atoms with Crippen LogP contribution in [0.25, 0.3) is 33.5 Å². The van der Waals surface area contributed by atoms with Gasteiger partial charge < -0.3 is 4.57 Å². The van der Waals surface area contributed by atoms with E-state index in [1.807, 2.05) is 103 Å². The first-order chi connectivity index (χ1) is 15.3. The highest BCUT2D eigenvalue weighted by Gasteiger charge is 2.09. The Hall–Kier alpha value is -4.32. The first-order valence-corrected chi connectivity index (χ1v) is 9.98. The molecule has 5 aromatic rings. The van der Waals surface area contributed by atoms with Crippen molar-refractivity contribution < 1.29 is 0 Å². The molecule has 31 heavy (non-hydrogen) atoms. The lowest BCUT2D eigenvalue weighted by atomic mass is 10.1. The predicted molar refractivity (Wildman–Crippen MR) is 125 cm³/mol. The number of para-hydroxylation sites is 2. The van der Waals surface area contributed by atoms with Crippen molar-refractivity contribution in [3.63, 3.8) is 0 Å². The van der Waals surface area contributed by atoms with E-state index < -0.39 is 0 Å². The molecular weight excluding hydrogens is 384 g/mol. The number of nitrogens with zero attached hydrogens (tertiary/aromatic N) is 5. The molecule has 6 nitrogen and oxygen atoms in total. The highest BCUT2D eigenvalue weighted by atomic mass is 15.4. The molecule has 2 heterocycles. The van der Waals surface area contributed by atoms with Gasteiger partial charge in [0, 0.05) is 18.2 Å². The van der Waals surface area contributed by atoms with Crippen molar-refractivity contribution >= 4 is 23.2 Å². The number of aromatic nitrogens is 4. The Kier molecular flexibility index (Phi) is 4.94. The van der Waals surface area contributed by atoms with Gasteiger partial charge in [0.15, 0.2) is 5.82 Å². The Balaban J connectivity index is 1.49. The lowest BCUT2D eigenvalue weighted by Crippen LogP contribution is -2.02. The monoisotopic (exact) mass is 404 g/mol. The van der Waals surface area contributed by atoms with Gasteiger partial charge in [0.05, 0.1) is 28.6 Å². The van der Waals surface area contributed by atoms with Crippen molar-refractivity contribution in [1.82, 2.24) is 19.5 Å². The first-order valence-electron chi connectivity index (χ1n) is 9.98. The van der Waals surface area contributed by atoms with Gasteiger partial charge in [-0.1, -0.05) is 72.8 Å². The van der Waals surface area contributed by atoms with Crippen molar-refractivity contribution in [2.24, 2.45) is 12.1 Å². The van der Waals surface area contributed by atoms with Crippen LogP contribution < -0.4 is 5.43 Å². The molecule has 1 N–H and O–H groups in total. The van der Waals surface area contributed by atoms with Crippen molar-refractivity contribution in [2.45, 2.75) is 0 Å². The zero-order valence-electron chi connectivity index (χ0n) is 17.0. The van der Waals surface area contributed by atoms with Crippen LogP contribution in [0.5, 0.6) is 0 Å². The summed E-state index contributed by atoms with van der Waals surface area (Å²) in [5.74, 6) is 1.17. The van der Waals surface area contributed by atoms with Crippen LogP contribution in [0, 0.1) is 0 Å². The average molecular weight is 404 g/mol. The summed E-state index contributed by atoms with van der Waals surface area (Å²) in [6, 6.07) is 30.1. The number of hydrazone groups is 1. The largest absolute Gasteiger partial charge is 0.326 e. The van der Waals surface area contributed by atoms with E-state index in [9.17, 15) is 0 Å². The molecule has 150 valence electrons. The number of hydrogen-bond donors (Lipinski definition) is 1. The van der Waals surface area contributed by atoms with Gasteiger partial charge in [-0.05, 0) is 18.2 Å². The van der Waals surface area contributed by atoms with E-state index in [1.54, 1.807) is 6.21 Å². The quantitative estimate of drug-likeness (QED) is 0.325. The minimum atomic E-state index is 0.426. The summed E-state index contributed by atoms with van der Waals surface area (Å²) in [5, 5.41) is 4.35. The summed E-state index contributed by atoms with van der Waals surface area (Å²) < 4.78 is 2.00. The highest BCUT2D eigenvalue weighted by molar-refractivity contribution is 5.85. The molecule has 0 fully saturated rings. The number of anilines is 1. The number of benzene rings is 3. The normalized spacial score (nSPS) is 11.3. The van der Waals surface area contributed by atoms with E-state index in [4.69, 9.17) is 0 Å². The van der Waals surface area contributed by atoms with E-state index in [-0.39, 0.29) is 0 Å². The number of nitrogens with one attached hydrogen (secondary N) is 1. The highest BCUT2D eigenvalue weighted by Crippen LogP contribution is 2.25. The Bertz CT molecular complexity index is 1300. The summed E-state index contributed by atoms with van der Waals surface area (Å²) in [5.41, 5.74) is 8.66. The Morgan fingerprint density at radius 3 is 1.94 bits per heavy atom. The van der Waals surface area contributed by atoms with Gasteiger partial charge in [-0.15, -0.1) is 0 Å². The van der Waals surface area contributed by atoms with Crippen LogP contribution in [-0.4, -0.2) is 25.7 Å². The number of rotatable bonds is 5. The van der Waals surface area contributed by atoms with E-state index >= 15 is 0 Å². The maximum absolute atomic E-state index is 4.66. The van der Waals surface area contributed by atoms with Gasteiger partial charge in [0.2, 0.25) is 5.95 Å². The molecule has 0 saturated carbocycles. The zero-order valence-corrected chi connectivity index (χ0v) is 17.0. The van der Waals surface area contributed by atoms with Crippen molar-refractivity contribution in [3.8, 4) is 22.5 Å². The number of fused-ring (bicyclic) bond motifs is 1. The molecule has 0 bridgehead atoms.